The van der Waals surface area contributed by atoms with Crippen molar-refractivity contribution < 1.29 is 0 Å². The zero-order chi connectivity index (χ0) is 17.2. The molecule has 0 N–H and O–H groups in total. The van der Waals surface area contributed by atoms with Crippen LogP contribution in [0.5, 0.6) is 0 Å². The van der Waals surface area contributed by atoms with Gasteiger partial charge < -0.3 is 0 Å². The Morgan fingerprint density at radius 1 is 0.600 bits per heavy atom. The van der Waals surface area contributed by atoms with Crippen molar-refractivity contribution in [2.24, 2.45) is 0 Å². The maximum atomic E-state index is 2.33. The van der Waals surface area contributed by atoms with Crippen molar-refractivity contribution >= 4 is 29.6 Å². The smallest absolute Gasteiger partial charge is 0.0692 e. The maximum absolute atomic E-state index is 2.33. The molecule has 0 heterocycles. The Hall–Kier alpha value is -1.90. The Morgan fingerprint density at radius 2 is 1.04 bits per heavy atom. The molecule has 0 spiro atoms. The zero-order valence-electron chi connectivity index (χ0n) is 14.1. The second kappa shape index (κ2) is 10.2. The summed E-state index contributed by atoms with van der Waals surface area (Å²) in [5.41, 5.74) is 4.02. The zero-order valence-corrected chi connectivity index (χ0v) is 15.8. The molecule has 2 heteroatoms. The van der Waals surface area contributed by atoms with E-state index in [-0.39, 0.29) is 0 Å². The summed E-state index contributed by atoms with van der Waals surface area (Å²) < 4.78 is 0.431. The molecule has 0 unspecified atom stereocenters. The standard InChI is InChI=1S/C23H22S2/c1-4-10-20(11-5-1)16-17-23(24-18-21-12-6-2-7-13-21)25-19-22-14-8-3-9-15-22/h1-17,23H,18-19H2. The van der Waals surface area contributed by atoms with Gasteiger partial charge in [0.15, 0.2) is 0 Å². The molecule has 0 aliphatic heterocycles. The van der Waals surface area contributed by atoms with Gasteiger partial charge in [-0.25, -0.2) is 0 Å². The highest BCUT2D eigenvalue weighted by atomic mass is 32.2. The topological polar surface area (TPSA) is 0 Å². The molecule has 25 heavy (non-hydrogen) atoms. The molecule has 3 aromatic rings. The predicted molar refractivity (Wildman–Crippen MR) is 115 cm³/mol. The fourth-order valence-electron chi connectivity index (χ4n) is 2.42. The summed E-state index contributed by atoms with van der Waals surface area (Å²) in [6, 6.07) is 31.9. The molecule has 0 bridgehead atoms. The quantitative estimate of drug-likeness (QED) is 0.400. The van der Waals surface area contributed by atoms with E-state index >= 15 is 0 Å². The van der Waals surface area contributed by atoms with Crippen molar-refractivity contribution in [2.45, 2.75) is 16.1 Å². The SMILES string of the molecule is C(=CC(SCc1ccccc1)SCc1ccccc1)c1ccccc1. The third kappa shape index (κ3) is 6.49. The van der Waals surface area contributed by atoms with E-state index in [0.717, 1.165) is 11.5 Å². The van der Waals surface area contributed by atoms with Gasteiger partial charge in [-0.1, -0.05) is 103 Å². The first-order chi connectivity index (χ1) is 12.4. The summed E-state index contributed by atoms with van der Waals surface area (Å²) in [5.74, 6) is 2.07. The highest BCUT2D eigenvalue weighted by Gasteiger charge is 2.07. The normalized spacial score (nSPS) is 11.2. The van der Waals surface area contributed by atoms with Crippen LogP contribution in [-0.4, -0.2) is 4.58 Å². The predicted octanol–water partition coefficient (Wildman–Crippen LogP) is 6.89. The summed E-state index contributed by atoms with van der Waals surface area (Å²) in [7, 11) is 0. The van der Waals surface area contributed by atoms with Gasteiger partial charge in [0.2, 0.25) is 0 Å². The van der Waals surface area contributed by atoms with Crippen LogP contribution in [0, 0.1) is 0 Å². The lowest BCUT2D eigenvalue weighted by Gasteiger charge is -2.13. The molecule has 126 valence electrons. The number of benzene rings is 3. The molecule has 0 radical (unpaired) electrons. The summed E-state index contributed by atoms with van der Waals surface area (Å²) in [6.07, 6.45) is 4.57. The van der Waals surface area contributed by atoms with Crippen LogP contribution in [0.25, 0.3) is 6.08 Å². The van der Waals surface area contributed by atoms with Gasteiger partial charge in [-0.3, -0.25) is 0 Å². The third-order valence-corrected chi connectivity index (χ3v) is 6.55. The van der Waals surface area contributed by atoms with Gasteiger partial charge in [0.05, 0.1) is 4.58 Å². The molecule has 0 saturated heterocycles. The average molecular weight is 363 g/mol. The Balaban J connectivity index is 1.63. The van der Waals surface area contributed by atoms with E-state index in [2.05, 4.69) is 103 Å². The molecular formula is C23H22S2. The second-order valence-corrected chi connectivity index (χ2v) is 8.29. The van der Waals surface area contributed by atoms with Gasteiger partial charge in [-0.05, 0) is 16.7 Å². The van der Waals surface area contributed by atoms with Crippen LogP contribution in [0.4, 0.5) is 0 Å². The van der Waals surface area contributed by atoms with Crippen LogP contribution in [0.1, 0.15) is 16.7 Å². The molecular weight excluding hydrogens is 340 g/mol. The minimum atomic E-state index is 0.431. The van der Waals surface area contributed by atoms with E-state index in [1.165, 1.54) is 16.7 Å². The van der Waals surface area contributed by atoms with Crippen molar-refractivity contribution in [3.05, 3.63) is 114 Å². The Morgan fingerprint density at radius 3 is 1.52 bits per heavy atom. The largest absolute Gasteiger partial charge is 0.139 e. The summed E-state index contributed by atoms with van der Waals surface area (Å²) in [4.78, 5) is 0. The molecule has 0 aliphatic rings. The lowest BCUT2D eigenvalue weighted by atomic mass is 10.2. The Labute approximate surface area is 159 Å². The minimum Gasteiger partial charge on any atom is -0.139 e. The van der Waals surface area contributed by atoms with Gasteiger partial charge in [0.1, 0.15) is 0 Å². The van der Waals surface area contributed by atoms with Crippen molar-refractivity contribution in [1.82, 2.24) is 0 Å². The van der Waals surface area contributed by atoms with E-state index in [4.69, 9.17) is 0 Å². The number of rotatable bonds is 8. The van der Waals surface area contributed by atoms with Crippen LogP contribution in [0.15, 0.2) is 97.1 Å². The number of hydrogen-bond acceptors (Lipinski definition) is 2. The number of hydrogen-bond donors (Lipinski definition) is 0. The first-order valence-electron chi connectivity index (χ1n) is 8.44. The fraction of sp³-hybridized carbons (Fsp3) is 0.130. The number of thioether (sulfide) groups is 2. The Bertz CT molecular complexity index is 708. The van der Waals surface area contributed by atoms with Gasteiger partial charge in [0, 0.05) is 11.5 Å². The summed E-state index contributed by atoms with van der Waals surface area (Å²) in [5, 5.41) is 0. The van der Waals surface area contributed by atoms with Crippen LogP contribution < -0.4 is 0 Å². The lowest BCUT2D eigenvalue weighted by Crippen LogP contribution is -1.95. The minimum absolute atomic E-state index is 0.431. The molecule has 3 aromatic carbocycles. The van der Waals surface area contributed by atoms with Gasteiger partial charge in [0.25, 0.3) is 0 Å². The van der Waals surface area contributed by atoms with E-state index in [1.54, 1.807) is 0 Å². The van der Waals surface area contributed by atoms with E-state index < -0.39 is 0 Å². The summed E-state index contributed by atoms with van der Waals surface area (Å²) in [6.45, 7) is 0. The second-order valence-electron chi connectivity index (χ2n) is 5.73. The van der Waals surface area contributed by atoms with E-state index in [0.29, 0.717) is 4.58 Å². The van der Waals surface area contributed by atoms with Crippen molar-refractivity contribution in [3.63, 3.8) is 0 Å². The highest BCUT2D eigenvalue weighted by Crippen LogP contribution is 2.31. The molecule has 0 atom stereocenters. The fourth-order valence-corrected chi connectivity index (χ4v) is 4.69. The van der Waals surface area contributed by atoms with Gasteiger partial charge in [-0.15, -0.1) is 23.5 Å². The van der Waals surface area contributed by atoms with Crippen LogP contribution in [0.3, 0.4) is 0 Å². The molecule has 0 fully saturated rings. The van der Waals surface area contributed by atoms with Crippen molar-refractivity contribution in [3.8, 4) is 0 Å². The first-order valence-corrected chi connectivity index (χ1v) is 10.5. The molecule has 0 nitrogen and oxygen atoms in total. The summed E-state index contributed by atoms with van der Waals surface area (Å²) >= 11 is 3.98. The average Bonchev–Trinajstić information content (AvgIpc) is 2.70. The van der Waals surface area contributed by atoms with Crippen molar-refractivity contribution in [1.29, 1.82) is 0 Å². The first kappa shape index (κ1) is 17.9. The molecule has 0 aliphatic carbocycles. The lowest BCUT2D eigenvalue weighted by molar-refractivity contribution is 1.39. The van der Waals surface area contributed by atoms with Crippen molar-refractivity contribution in [2.75, 3.05) is 0 Å². The van der Waals surface area contributed by atoms with Gasteiger partial charge >= 0.3 is 0 Å². The van der Waals surface area contributed by atoms with Crippen LogP contribution in [0.2, 0.25) is 0 Å². The van der Waals surface area contributed by atoms with Crippen LogP contribution in [-0.2, 0) is 11.5 Å². The van der Waals surface area contributed by atoms with E-state index in [1.807, 2.05) is 23.5 Å². The van der Waals surface area contributed by atoms with Crippen LogP contribution >= 0.6 is 23.5 Å². The molecule has 0 saturated carbocycles. The maximum Gasteiger partial charge on any atom is 0.0692 e. The van der Waals surface area contributed by atoms with Gasteiger partial charge in [-0.2, -0.15) is 0 Å². The highest BCUT2D eigenvalue weighted by molar-refractivity contribution is 8.16. The molecule has 0 amide bonds. The van der Waals surface area contributed by atoms with E-state index in [9.17, 15) is 0 Å². The third-order valence-electron chi connectivity index (χ3n) is 3.76. The monoisotopic (exact) mass is 362 g/mol. The molecule has 0 aromatic heterocycles. The Kier molecular flexibility index (Phi) is 7.29. The molecule has 3 rings (SSSR count).